The summed E-state index contributed by atoms with van der Waals surface area (Å²) in [7, 11) is 3.90. The van der Waals surface area contributed by atoms with E-state index in [-0.39, 0.29) is 11.9 Å². The Labute approximate surface area is 212 Å². The van der Waals surface area contributed by atoms with E-state index in [9.17, 15) is 4.39 Å². The maximum absolute atomic E-state index is 14.7. The number of hydrogen-bond donors (Lipinski definition) is 3. The first-order valence-corrected chi connectivity index (χ1v) is 11.9. The third-order valence-corrected chi connectivity index (χ3v) is 6.46. The van der Waals surface area contributed by atoms with Crippen LogP contribution in [0.4, 0.5) is 4.39 Å². The maximum Gasteiger partial charge on any atom is 0.181 e. The van der Waals surface area contributed by atoms with Crippen LogP contribution in [0.2, 0.25) is 0 Å². The van der Waals surface area contributed by atoms with Crippen LogP contribution in [0.1, 0.15) is 11.6 Å². The molecule has 4 aromatic heterocycles. The van der Waals surface area contributed by atoms with E-state index in [0.717, 1.165) is 55.5 Å². The number of hydrogen-bond acceptors (Lipinski definition) is 6. The van der Waals surface area contributed by atoms with Crippen molar-refractivity contribution in [2.75, 3.05) is 20.6 Å². The standard InChI is InChI=1S/C28H25FN8/c1-37(2)14-24(30)17-6-16(7-20(29)8-17)21-4-3-5-25-22(21)10-26(34-25)27-23-9-18(13-33-28(23)36-35-27)19-11-31-15-32-12-19/h3-13,15,24,34H,14,30H2,1-2H3,(H,33,35,36). The average Bonchev–Trinajstić information content (AvgIpc) is 3.52. The Bertz CT molecular complexity index is 1720. The summed E-state index contributed by atoms with van der Waals surface area (Å²) in [4.78, 5) is 18.2. The van der Waals surface area contributed by atoms with E-state index >= 15 is 0 Å². The molecule has 0 spiro atoms. The molecule has 6 aromatic rings. The molecule has 6 rings (SSSR count). The van der Waals surface area contributed by atoms with Crippen molar-refractivity contribution < 1.29 is 4.39 Å². The molecule has 0 amide bonds. The Balaban J connectivity index is 1.45. The molecule has 0 radical (unpaired) electrons. The fraction of sp³-hybridized carbons (Fsp3) is 0.143. The molecule has 0 aliphatic heterocycles. The molecule has 0 fully saturated rings. The van der Waals surface area contributed by atoms with Gasteiger partial charge in [-0.15, -0.1) is 0 Å². The largest absolute Gasteiger partial charge is 0.353 e. The molecule has 1 atom stereocenters. The molecule has 0 saturated carbocycles. The van der Waals surface area contributed by atoms with Crippen LogP contribution in [0.5, 0.6) is 0 Å². The van der Waals surface area contributed by atoms with E-state index in [1.54, 1.807) is 24.7 Å². The molecule has 184 valence electrons. The number of rotatable bonds is 6. The molecule has 9 heteroatoms. The lowest BCUT2D eigenvalue weighted by molar-refractivity contribution is 0.376. The highest BCUT2D eigenvalue weighted by molar-refractivity contribution is 6.01. The number of halogens is 1. The van der Waals surface area contributed by atoms with Gasteiger partial charge in [-0.25, -0.2) is 19.3 Å². The second-order valence-electron chi connectivity index (χ2n) is 9.41. The van der Waals surface area contributed by atoms with Gasteiger partial charge in [0.2, 0.25) is 0 Å². The van der Waals surface area contributed by atoms with Crippen molar-refractivity contribution in [2.45, 2.75) is 6.04 Å². The van der Waals surface area contributed by atoms with E-state index in [2.05, 4.69) is 36.2 Å². The van der Waals surface area contributed by atoms with Crippen molar-refractivity contribution in [2.24, 2.45) is 5.73 Å². The van der Waals surface area contributed by atoms with Gasteiger partial charge in [0.05, 0.1) is 11.4 Å². The minimum atomic E-state index is -0.308. The molecule has 0 aliphatic rings. The topological polar surface area (TPSA) is 112 Å². The number of fused-ring (bicyclic) bond motifs is 2. The number of pyridine rings is 1. The van der Waals surface area contributed by atoms with Crippen LogP contribution in [0, 0.1) is 5.82 Å². The average molecular weight is 493 g/mol. The normalized spacial score (nSPS) is 12.6. The van der Waals surface area contributed by atoms with E-state index in [1.807, 2.05) is 49.3 Å². The summed E-state index contributed by atoms with van der Waals surface area (Å²) in [6.07, 6.45) is 6.76. The molecule has 4 heterocycles. The smallest absolute Gasteiger partial charge is 0.181 e. The van der Waals surface area contributed by atoms with Crippen molar-refractivity contribution >= 4 is 21.9 Å². The Morgan fingerprint density at radius 3 is 2.59 bits per heavy atom. The lowest BCUT2D eigenvalue weighted by Gasteiger charge is -2.18. The predicted octanol–water partition coefficient (Wildman–Crippen LogP) is 4.93. The Kier molecular flexibility index (Phi) is 5.71. The van der Waals surface area contributed by atoms with Crippen LogP contribution in [-0.4, -0.2) is 55.7 Å². The molecule has 0 aliphatic carbocycles. The number of likely N-dealkylation sites (N-methyl/N-ethyl adjacent to an activating group) is 1. The number of benzene rings is 2. The van der Waals surface area contributed by atoms with Gasteiger partial charge in [0.15, 0.2) is 5.65 Å². The quantitative estimate of drug-likeness (QED) is 0.304. The summed E-state index contributed by atoms with van der Waals surface area (Å²) >= 11 is 0. The second-order valence-corrected chi connectivity index (χ2v) is 9.41. The summed E-state index contributed by atoms with van der Waals surface area (Å²) in [6, 6.07) is 14.8. The molecule has 8 nitrogen and oxygen atoms in total. The summed E-state index contributed by atoms with van der Waals surface area (Å²) < 4.78 is 14.7. The van der Waals surface area contributed by atoms with Gasteiger partial charge >= 0.3 is 0 Å². The third-order valence-electron chi connectivity index (χ3n) is 6.46. The van der Waals surface area contributed by atoms with Crippen LogP contribution in [0.3, 0.4) is 0 Å². The number of nitrogens with two attached hydrogens (primary N) is 1. The van der Waals surface area contributed by atoms with E-state index in [0.29, 0.717) is 12.2 Å². The lowest BCUT2D eigenvalue weighted by atomic mass is 9.97. The van der Waals surface area contributed by atoms with Gasteiger partial charge in [-0.05, 0) is 67.2 Å². The molecule has 2 aromatic carbocycles. The zero-order valence-electron chi connectivity index (χ0n) is 20.4. The fourth-order valence-corrected chi connectivity index (χ4v) is 4.73. The zero-order valence-corrected chi connectivity index (χ0v) is 20.4. The lowest BCUT2D eigenvalue weighted by Crippen LogP contribution is -2.26. The highest BCUT2D eigenvalue weighted by atomic mass is 19.1. The second kappa shape index (κ2) is 9.20. The van der Waals surface area contributed by atoms with Crippen LogP contribution < -0.4 is 5.73 Å². The Hall–Kier alpha value is -4.47. The summed E-state index contributed by atoms with van der Waals surface area (Å²) in [5.74, 6) is -0.308. The molecule has 4 N–H and O–H groups in total. The van der Waals surface area contributed by atoms with E-state index in [4.69, 9.17) is 5.73 Å². The van der Waals surface area contributed by atoms with Crippen molar-refractivity contribution in [1.29, 1.82) is 0 Å². The van der Waals surface area contributed by atoms with Crippen LogP contribution in [0.15, 0.2) is 73.4 Å². The fourth-order valence-electron chi connectivity index (χ4n) is 4.73. The molecule has 0 bridgehead atoms. The number of nitrogens with zero attached hydrogens (tertiary/aromatic N) is 5. The molecule has 1 unspecified atom stereocenters. The monoisotopic (exact) mass is 492 g/mol. The van der Waals surface area contributed by atoms with Gasteiger partial charge in [0.1, 0.15) is 12.1 Å². The van der Waals surface area contributed by atoms with Gasteiger partial charge < -0.3 is 15.6 Å². The molecular formula is C28H25FN8. The number of aromatic nitrogens is 6. The number of H-pyrrole nitrogens is 2. The SMILES string of the molecule is CN(C)CC(N)c1cc(F)cc(-c2cccc3[nH]c(-c4[nH]nc5ncc(-c6cncnc6)cc45)cc23)c1. The highest BCUT2D eigenvalue weighted by Gasteiger charge is 2.16. The predicted molar refractivity (Wildman–Crippen MR) is 143 cm³/mol. The Morgan fingerprint density at radius 2 is 1.78 bits per heavy atom. The minimum Gasteiger partial charge on any atom is -0.353 e. The summed E-state index contributed by atoms with van der Waals surface area (Å²) in [6.45, 7) is 0.624. The van der Waals surface area contributed by atoms with Gasteiger partial charge in [0, 0.05) is 58.6 Å². The number of nitrogens with one attached hydrogen (secondary N) is 2. The van der Waals surface area contributed by atoms with Crippen molar-refractivity contribution in [3.05, 3.63) is 84.8 Å². The Morgan fingerprint density at radius 1 is 0.946 bits per heavy atom. The summed E-state index contributed by atoms with van der Waals surface area (Å²) in [5.41, 5.74) is 13.8. The van der Waals surface area contributed by atoms with Gasteiger partial charge in [-0.3, -0.25) is 5.10 Å². The maximum atomic E-state index is 14.7. The molecule has 37 heavy (non-hydrogen) atoms. The van der Waals surface area contributed by atoms with Gasteiger partial charge in [-0.1, -0.05) is 12.1 Å². The molecule has 0 saturated heterocycles. The number of aromatic amines is 2. The minimum absolute atomic E-state index is 0.293. The van der Waals surface area contributed by atoms with E-state index in [1.165, 1.54) is 12.4 Å². The first-order valence-electron chi connectivity index (χ1n) is 11.9. The van der Waals surface area contributed by atoms with Gasteiger partial charge in [-0.2, -0.15) is 5.10 Å². The van der Waals surface area contributed by atoms with Crippen molar-refractivity contribution in [1.82, 2.24) is 35.0 Å². The van der Waals surface area contributed by atoms with Crippen LogP contribution in [-0.2, 0) is 0 Å². The highest BCUT2D eigenvalue weighted by Crippen LogP contribution is 2.35. The summed E-state index contributed by atoms with van der Waals surface area (Å²) in [5, 5.41) is 9.36. The van der Waals surface area contributed by atoms with Crippen LogP contribution >= 0.6 is 0 Å². The van der Waals surface area contributed by atoms with E-state index < -0.39 is 0 Å². The van der Waals surface area contributed by atoms with Crippen molar-refractivity contribution in [3.63, 3.8) is 0 Å². The van der Waals surface area contributed by atoms with Gasteiger partial charge in [0.25, 0.3) is 0 Å². The third kappa shape index (κ3) is 4.35. The molecular weight excluding hydrogens is 467 g/mol. The van der Waals surface area contributed by atoms with Crippen LogP contribution in [0.25, 0.3) is 55.6 Å². The first-order chi connectivity index (χ1) is 18.0. The zero-order chi connectivity index (χ0) is 25.5. The first kappa shape index (κ1) is 23.0. The van der Waals surface area contributed by atoms with Crippen molar-refractivity contribution in [3.8, 4) is 33.6 Å².